The van der Waals surface area contributed by atoms with Crippen LogP contribution in [0.1, 0.15) is 142 Å². The molecule has 31 heavy (non-hydrogen) atoms. The minimum Gasteiger partial charge on any atom is -0.380 e. The molecule has 0 heterocycles. The van der Waals surface area contributed by atoms with Crippen molar-refractivity contribution in [2.24, 2.45) is 5.92 Å². The average Bonchev–Trinajstić information content (AvgIpc) is 2.71. The molecule has 0 saturated carbocycles. The third-order valence-corrected chi connectivity index (χ3v) is 7.23. The monoisotopic (exact) mass is 450 g/mol. The molecule has 2 atom stereocenters. The lowest BCUT2D eigenvalue weighted by Gasteiger charge is -2.11. The maximum atomic E-state index is 9.95. The molecule has 0 amide bonds. The van der Waals surface area contributed by atoms with Gasteiger partial charge in [0.15, 0.2) is 0 Å². The van der Waals surface area contributed by atoms with Crippen LogP contribution in [-0.2, 0) is 0 Å². The Bertz CT molecular complexity index is 428. The van der Waals surface area contributed by atoms with E-state index in [9.17, 15) is 5.11 Å². The highest BCUT2D eigenvalue weighted by Gasteiger charge is 2.08. The summed E-state index contributed by atoms with van der Waals surface area (Å²) in [4.78, 5) is 0. The van der Waals surface area contributed by atoms with Crippen LogP contribution in [0.25, 0.3) is 0 Å². The average molecular weight is 451 g/mol. The van der Waals surface area contributed by atoms with Gasteiger partial charge in [0, 0.05) is 0 Å². The largest absolute Gasteiger partial charge is 0.380 e. The molecule has 0 bridgehead atoms. The molecule has 2 heteroatoms. The van der Waals surface area contributed by atoms with Crippen molar-refractivity contribution in [1.82, 2.24) is 0 Å². The first-order valence-electron chi connectivity index (χ1n) is 14.1. The second-order valence-electron chi connectivity index (χ2n) is 11.2. The SMILES string of the molecule is CCCCCCCCCCCCCCC(C)CCCCCCCC(O)C#C[Si](C)(C)C. The predicted molar refractivity (Wildman–Crippen MR) is 144 cm³/mol. The van der Waals surface area contributed by atoms with Crippen LogP contribution in [0.4, 0.5) is 0 Å². The molecule has 0 aliphatic carbocycles. The second-order valence-corrected chi connectivity index (χ2v) is 15.9. The topological polar surface area (TPSA) is 20.2 Å². The van der Waals surface area contributed by atoms with Crippen LogP contribution in [-0.4, -0.2) is 19.3 Å². The standard InChI is InChI=1S/C29H58OSi/c1-6-7-8-9-10-11-12-13-14-15-17-20-23-28(2)24-21-18-16-19-22-25-29(30)26-27-31(3,4)5/h28-30H,6-25H2,1-5H3. The van der Waals surface area contributed by atoms with E-state index in [0.29, 0.717) is 0 Å². The maximum absolute atomic E-state index is 9.95. The summed E-state index contributed by atoms with van der Waals surface area (Å²) in [5.74, 6) is 3.96. The minimum atomic E-state index is -1.34. The molecule has 0 radical (unpaired) electrons. The van der Waals surface area contributed by atoms with E-state index in [2.05, 4.69) is 45.0 Å². The summed E-state index contributed by atoms with van der Waals surface area (Å²) < 4.78 is 0. The Morgan fingerprint density at radius 3 is 1.32 bits per heavy atom. The van der Waals surface area contributed by atoms with Crippen LogP contribution < -0.4 is 0 Å². The van der Waals surface area contributed by atoms with Crippen molar-refractivity contribution in [3.63, 3.8) is 0 Å². The smallest absolute Gasteiger partial charge is 0.129 e. The fraction of sp³-hybridized carbons (Fsp3) is 0.931. The molecule has 0 saturated heterocycles. The van der Waals surface area contributed by atoms with Crippen LogP contribution in [0, 0.1) is 17.4 Å². The summed E-state index contributed by atoms with van der Waals surface area (Å²) in [6, 6.07) is 0. The molecule has 0 rings (SSSR count). The predicted octanol–water partition coefficient (Wildman–Crippen LogP) is 9.69. The summed E-state index contributed by atoms with van der Waals surface area (Å²) in [5.41, 5.74) is 3.28. The first-order chi connectivity index (χ1) is 14.8. The third kappa shape index (κ3) is 25.9. The highest BCUT2D eigenvalue weighted by molar-refractivity contribution is 6.83. The molecule has 0 aromatic carbocycles. The fourth-order valence-corrected chi connectivity index (χ4v) is 4.81. The van der Waals surface area contributed by atoms with E-state index < -0.39 is 14.2 Å². The molecule has 0 aliphatic rings. The van der Waals surface area contributed by atoms with Crippen LogP contribution in [0.15, 0.2) is 0 Å². The lowest BCUT2D eigenvalue weighted by Crippen LogP contribution is -2.17. The molecule has 0 aromatic rings. The van der Waals surface area contributed by atoms with Crippen molar-refractivity contribution in [3.8, 4) is 11.5 Å². The van der Waals surface area contributed by atoms with Gasteiger partial charge in [-0.1, -0.05) is 155 Å². The molecule has 1 N–H and O–H groups in total. The number of aliphatic hydroxyl groups is 1. The molecular formula is C29H58OSi. The Hall–Kier alpha value is -0.263. The highest BCUT2D eigenvalue weighted by atomic mass is 28.3. The van der Waals surface area contributed by atoms with E-state index >= 15 is 0 Å². The van der Waals surface area contributed by atoms with Gasteiger partial charge in [-0.2, -0.15) is 0 Å². The Labute approximate surface area is 198 Å². The van der Waals surface area contributed by atoms with Crippen molar-refractivity contribution in [1.29, 1.82) is 0 Å². The van der Waals surface area contributed by atoms with Crippen LogP contribution >= 0.6 is 0 Å². The summed E-state index contributed by atoms with van der Waals surface area (Å²) in [5, 5.41) is 9.95. The van der Waals surface area contributed by atoms with Crippen LogP contribution in [0.5, 0.6) is 0 Å². The summed E-state index contributed by atoms with van der Waals surface area (Å²) >= 11 is 0. The molecular weight excluding hydrogens is 392 g/mol. The number of unbranched alkanes of at least 4 members (excludes halogenated alkanes) is 15. The van der Waals surface area contributed by atoms with Crippen molar-refractivity contribution in [2.75, 3.05) is 0 Å². The van der Waals surface area contributed by atoms with Gasteiger partial charge >= 0.3 is 0 Å². The second kappa shape index (κ2) is 21.6. The molecule has 0 fully saturated rings. The zero-order chi connectivity index (χ0) is 23.2. The van der Waals surface area contributed by atoms with Crippen molar-refractivity contribution >= 4 is 8.07 Å². The number of rotatable bonds is 21. The Kier molecular flexibility index (Phi) is 21.4. The van der Waals surface area contributed by atoms with Gasteiger partial charge in [-0.15, -0.1) is 5.54 Å². The maximum Gasteiger partial charge on any atom is 0.129 e. The third-order valence-electron chi connectivity index (χ3n) is 6.34. The molecule has 0 spiro atoms. The van der Waals surface area contributed by atoms with Crippen LogP contribution in [0.2, 0.25) is 19.6 Å². The van der Waals surface area contributed by atoms with Gasteiger partial charge in [0.1, 0.15) is 14.2 Å². The summed E-state index contributed by atoms with van der Waals surface area (Å²) in [6.45, 7) is 11.4. The Morgan fingerprint density at radius 2 is 0.935 bits per heavy atom. The van der Waals surface area contributed by atoms with Gasteiger partial charge in [-0.25, -0.2) is 0 Å². The zero-order valence-electron chi connectivity index (χ0n) is 22.2. The van der Waals surface area contributed by atoms with Gasteiger partial charge in [0.2, 0.25) is 0 Å². The molecule has 2 unspecified atom stereocenters. The molecule has 0 aliphatic heterocycles. The van der Waals surface area contributed by atoms with Gasteiger partial charge in [0.05, 0.1) is 0 Å². The summed E-state index contributed by atoms with van der Waals surface area (Å²) in [6.07, 6.45) is 27.1. The lowest BCUT2D eigenvalue weighted by atomic mass is 9.95. The summed E-state index contributed by atoms with van der Waals surface area (Å²) in [7, 11) is -1.34. The number of hydrogen-bond acceptors (Lipinski definition) is 1. The van der Waals surface area contributed by atoms with E-state index in [0.717, 1.165) is 18.8 Å². The fourth-order valence-electron chi connectivity index (χ4n) is 4.21. The lowest BCUT2D eigenvalue weighted by molar-refractivity contribution is 0.217. The van der Waals surface area contributed by atoms with Gasteiger partial charge in [-0.3, -0.25) is 0 Å². The molecule has 0 aromatic heterocycles. The van der Waals surface area contributed by atoms with Gasteiger partial charge in [0.25, 0.3) is 0 Å². The first-order valence-corrected chi connectivity index (χ1v) is 17.6. The normalized spacial score (nSPS) is 13.6. The quantitative estimate of drug-likeness (QED) is 0.105. The van der Waals surface area contributed by atoms with E-state index in [1.807, 2.05) is 0 Å². The number of hydrogen-bond donors (Lipinski definition) is 1. The Balaban J connectivity index is 3.33. The van der Waals surface area contributed by atoms with Crippen molar-refractivity contribution in [2.45, 2.75) is 168 Å². The minimum absolute atomic E-state index is 0.401. The number of aliphatic hydroxyl groups excluding tert-OH is 1. The zero-order valence-corrected chi connectivity index (χ0v) is 23.2. The van der Waals surface area contributed by atoms with Crippen molar-refractivity contribution in [3.05, 3.63) is 0 Å². The van der Waals surface area contributed by atoms with Gasteiger partial charge < -0.3 is 5.11 Å². The highest BCUT2D eigenvalue weighted by Crippen LogP contribution is 2.19. The first kappa shape index (κ1) is 30.7. The van der Waals surface area contributed by atoms with Gasteiger partial charge in [-0.05, 0) is 18.8 Å². The van der Waals surface area contributed by atoms with E-state index in [4.69, 9.17) is 0 Å². The van der Waals surface area contributed by atoms with Crippen molar-refractivity contribution < 1.29 is 5.11 Å². The molecule has 1 nitrogen and oxygen atoms in total. The Morgan fingerprint density at radius 1 is 0.581 bits per heavy atom. The van der Waals surface area contributed by atoms with Crippen LogP contribution in [0.3, 0.4) is 0 Å². The molecule has 184 valence electrons. The van der Waals surface area contributed by atoms with E-state index in [1.54, 1.807) is 0 Å². The van der Waals surface area contributed by atoms with E-state index in [-0.39, 0.29) is 0 Å². The van der Waals surface area contributed by atoms with E-state index in [1.165, 1.54) is 116 Å².